The molecule has 11 rings (SSSR count). The summed E-state index contributed by atoms with van der Waals surface area (Å²) >= 11 is 0. The molecule has 8 aromatic carbocycles. The van der Waals surface area contributed by atoms with Gasteiger partial charge in [0.1, 0.15) is 11.2 Å². The van der Waals surface area contributed by atoms with E-state index in [1.807, 2.05) is 30.3 Å². The number of hydrogen-bond acceptors (Lipinski definition) is 4. The summed E-state index contributed by atoms with van der Waals surface area (Å²) in [6.07, 6.45) is 0. The predicted molar refractivity (Wildman–Crippen MR) is 213 cm³/mol. The molecule has 2 aromatic heterocycles. The zero-order valence-corrected chi connectivity index (χ0v) is 28.7. The van der Waals surface area contributed by atoms with E-state index in [1.165, 1.54) is 49.2 Å². The molecule has 4 nitrogen and oxygen atoms in total. The average Bonchev–Trinajstić information content (AvgIpc) is 3.68. The van der Waals surface area contributed by atoms with Gasteiger partial charge in [0.2, 0.25) is 0 Å². The van der Waals surface area contributed by atoms with Gasteiger partial charge in [-0.15, -0.1) is 0 Å². The highest BCUT2D eigenvalue weighted by Crippen LogP contribution is 2.51. The van der Waals surface area contributed by atoms with Crippen LogP contribution in [0, 0.1) is 0 Å². The van der Waals surface area contributed by atoms with E-state index in [9.17, 15) is 0 Å². The highest BCUT2D eigenvalue weighted by molar-refractivity contribution is 6.22. The van der Waals surface area contributed by atoms with Crippen molar-refractivity contribution in [2.24, 2.45) is 0 Å². The van der Waals surface area contributed by atoms with Crippen LogP contribution < -0.4 is 0 Å². The quantitative estimate of drug-likeness (QED) is 0.176. The summed E-state index contributed by atoms with van der Waals surface area (Å²) < 4.78 is 6.62. The summed E-state index contributed by atoms with van der Waals surface area (Å²) in [4.78, 5) is 15.6. The lowest BCUT2D eigenvalue weighted by molar-refractivity contribution is 0.647. The maximum absolute atomic E-state index is 6.62. The Hall–Kier alpha value is -6.65. The molecule has 2 heterocycles. The Morgan fingerprint density at radius 3 is 1.98 bits per heavy atom. The summed E-state index contributed by atoms with van der Waals surface area (Å²) in [5.41, 5.74) is 9.54. The molecule has 0 N–H and O–H groups in total. The molecule has 0 saturated carbocycles. The van der Waals surface area contributed by atoms with Crippen molar-refractivity contribution in [2.75, 3.05) is 0 Å². The van der Waals surface area contributed by atoms with Crippen LogP contribution in [-0.4, -0.2) is 15.0 Å². The number of rotatable bonds is 3. The van der Waals surface area contributed by atoms with Crippen LogP contribution in [0.15, 0.2) is 156 Å². The Morgan fingerprint density at radius 1 is 0.404 bits per heavy atom. The number of furan rings is 1. The van der Waals surface area contributed by atoms with Crippen LogP contribution in [0.1, 0.15) is 25.0 Å². The van der Waals surface area contributed by atoms with Gasteiger partial charge in [0.15, 0.2) is 17.5 Å². The molecule has 0 atom stereocenters. The summed E-state index contributed by atoms with van der Waals surface area (Å²) in [5, 5.41) is 9.25. The van der Waals surface area contributed by atoms with Gasteiger partial charge in [0, 0.05) is 32.9 Å². The second kappa shape index (κ2) is 10.7. The van der Waals surface area contributed by atoms with Gasteiger partial charge in [-0.3, -0.25) is 0 Å². The van der Waals surface area contributed by atoms with E-state index in [0.717, 1.165) is 44.0 Å². The van der Waals surface area contributed by atoms with Crippen molar-refractivity contribution < 1.29 is 4.42 Å². The van der Waals surface area contributed by atoms with E-state index in [0.29, 0.717) is 17.5 Å². The average molecular weight is 666 g/mol. The second-order valence-corrected chi connectivity index (χ2v) is 14.4. The SMILES string of the molecule is CC1(C)c2ccccc2-c2cc3c(cc21)oc1cccc(-c2nc(-c4ccccc4)nc(-c4cccc5c4ccc4ccc6ccccc6c45)n2)c13. The van der Waals surface area contributed by atoms with Gasteiger partial charge in [-0.25, -0.2) is 15.0 Å². The van der Waals surface area contributed by atoms with Gasteiger partial charge < -0.3 is 4.42 Å². The molecule has 244 valence electrons. The fraction of sp³-hybridized carbons (Fsp3) is 0.0625. The molecule has 0 amide bonds. The molecule has 0 saturated heterocycles. The van der Waals surface area contributed by atoms with Crippen LogP contribution in [0.2, 0.25) is 0 Å². The van der Waals surface area contributed by atoms with Crippen LogP contribution >= 0.6 is 0 Å². The summed E-state index contributed by atoms with van der Waals surface area (Å²) in [5.74, 6) is 1.88. The van der Waals surface area contributed by atoms with Crippen LogP contribution in [0.5, 0.6) is 0 Å². The third-order valence-electron chi connectivity index (χ3n) is 11.1. The fourth-order valence-electron chi connectivity index (χ4n) is 8.60. The Morgan fingerprint density at radius 2 is 1.08 bits per heavy atom. The van der Waals surface area contributed by atoms with Crippen molar-refractivity contribution in [3.8, 4) is 45.3 Å². The van der Waals surface area contributed by atoms with Gasteiger partial charge in [-0.2, -0.15) is 0 Å². The third-order valence-corrected chi connectivity index (χ3v) is 11.1. The number of fused-ring (bicyclic) bond motifs is 11. The van der Waals surface area contributed by atoms with Gasteiger partial charge in [0.05, 0.1) is 0 Å². The second-order valence-electron chi connectivity index (χ2n) is 14.4. The van der Waals surface area contributed by atoms with E-state index >= 15 is 0 Å². The van der Waals surface area contributed by atoms with Gasteiger partial charge >= 0.3 is 0 Å². The van der Waals surface area contributed by atoms with E-state index < -0.39 is 0 Å². The van der Waals surface area contributed by atoms with E-state index in [2.05, 4.69) is 135 Å². The molecular formula is C48H31N3O. The molecule has 1 aliphatic carbocycles. The molecule has 0 fully saturated rings. The highest BCUT2D eigenvalue weighted by Gasteiger charge is 2.36. The van der Waals surface area contributed by atoms with Crippen LogP contribution in [0.4, 0.5) is 0 Å². The van der Waals surface area contributed by atoms with Gasteiger partial charge in [-0.1, -0.05) is 147 Å². The normalized spacial score (nSPS) is 13.3. The number of benzene rings is 8. The summed E-state index contributed by atoms with van der Waals surface area (Å²) in [7, 11) is 0. The molecule has 0 aliphatic heterocycles. The zero-order valence-electron chi connectivity index (χ0n) is 28.7. The standard InChI is InChI=1S/C48H31N3O/c1-48(2)39-20-9-8-16-33(39)37-26-38-42(27-40(37)48)52-41-21-11-19-36(44(38)41)47-50-45(30-13-4-3-5-14-30)49-46(51-47)35-18-10-17-34-32(35)25-24-29-23-22-28-12-6-7-15-31(28)43(29)34/h3-27H,1-2H3. The first-order chi connectivity index (χ1) is 25.5. The maximum atomic E-state index is 6.62. The van der Waals surface area contributed by atoms with Gasteiger partial charge in [-0.05, 0) is 72.8 Å². The molecule has 52 heavy (non-hydrogen) atoms. The molecular weight excluding hydrogens is 635 g/mol. The minimum atomic E-state index is -0.119. The largest absolute Gasteiger partial charge is 0.456 e. The van der Waals surface area contributed by atoms with E-state index in [-0.39, 0.29) is 5.41 Å². The minimum absolute atomic E-state index is 0.119. The Bertz CT molecular complexity index is 3100. The molecule has 0 radical (unpaired) electrons. The number of aromatic nitrogens is 3. The first-order valence-electron chi connectivity index (χ1n) is 17.8. The monoisotopic (exact) mass is 665 g/mol. The van der Waals surface area contributed by atoms with Crippen molar-refractivity contribution in [1.82, 2.24) is 15.0 Å². The number of hydrogen-bond donors (Lipinski definition) is 0. The molecule has 1 aliphatic rings. The topological polar surface area (TPSA) is 51.8 Å². The summed E-state index contributed by atoms with van der Waals surface area (Å²) in [6, 6.07) is 53.6. The van der Waals surface area contributed by atoms with Gasteiger partial charge in [0.25, 0.3) is 0 Å². The predicted octanol–water partition coefficient (Wildman–Crippen LogP) is 12.5. The van der Waals surface area contributed by atoms with Crippen molar-refractivity contribution in [3.63, 3.8) is 0 Å². The Labute approximate surface area is 300 Å². The molecule has 0 unspecified atom stereocenters. The first kappa shape index (κ1) is 29.1. The van der Waals surface area contributed by atoms with Crippen molar-refractivity contribution >= 4 is 54.3 Å². The summed E-state index contributed by atoms with van der Waals surface area (Å²) in [6.45, 7) is 4.60. The van der Waals surface area contributed by atoms with Crippen molar-refractivity contribution in [3.05, 3.63) is 163 Å². The van der Waals surface area contributed by atoms with Crippen LogP contribution in [0.25, 0.3) is 99.5 Å². The minimum Gasteiger partial charge on any atom is -0.456 e. The highest BCUT2D eigenvalue weighted by atomic mass is 16.3. The fourth-order valence-corrected chi connectivity index (χ4v) is 8.60. The molecule has 10 aromatic rings. The van der Waals surface area contributed by atoms with Crippen LogP contribution in [-0.2, 0) is 5.41 Å². The molecule has 4 heteroatoms. The lowest BCUT2D eigenvalue weighted by atomic mass is 9.82. The third kappa shape index (κ3) is 4.12. The molecule has 0 spiro atoms. The lowest BCUT2D eigenvalue weighted by Crippen LogP contribution is -2.14. The Kier molecular flexibility index (Phi) is 5.98. The first-order valence-corrected chi connectivity index (χ1v) is 17.8. The maximum Gasteiger partial charge on any atom is 0.164 e. The smallest absolute Gasteiger partial charge is 0.164 e. The number of nitrogens with zero attached hydrogens (tertiary/aromatic N) is 3. The van der Waals surface area contributed by atoms with Crippen LogP contribution in [0.3, 0.4) is 0 Å². The van der Waals surface area contributed by atoms with E-state index in [1.54, 1.807) is 0 Å². The van der Waals surface area contributed by atoms with E-state index in [4.69, 9.17) is 19.4 Å². The molecule has 0 bridgehead atoms. The van der Waals surface area contributed by atoms with Crippen molar-refractivity contribution in [2.45, 2.75) is 19.3 Å². The zero-order chi connectivity index (χ0) is 34.6. The van der Waals surface area contributed by atoms with Crippen molar-refractivity contribution in [1.29, 1.82) is 0 Å². The lowest BCUT2D eigenvalue weighted by Gasteiger charge is -2.21. The Balaban J connectivity index is 1.18.